The molecule has 0 atom stereocenters. The molecule has 0 unspecified atom stereocenters. The van der Waals surface area contributed by atoms with Gasteiger partial charge in [-0.05, 0) is 41.1 Å². The Hall–Kier alpha value is -1.62. The van der Waals surface area contributed by atoms with Crippen molar-refractivity contribution in [3.8, 4) is 0 Å². The summed E-state index contributed by atoms with van der Waals surface area (Å²) in [6.45, 7) is 1.81. The van der Waals surface area contributed by atoms with Crippen molar-refractivity contribution < 1.29 is 9.21 Å². The molecular weight excluding hydrogens is 272 g/mol. The lowest BCUT2D eigenvalue weighted by molar-refractivity contribution is 0.0995. The molecule has 1 N–H and O–H groups in total. The zero-order valence-electron chi connectivity index (χ0n) is 8.53. The predicted octanol–water partition coefficient (Wildman–Crippen LogP) is 3.00. The fourth-order valence-electron chi connectivity index (χ4n) is 1.23. The van der Waals surface area contributed by atoms with E-state index in [0.29, 0.717) is 11.6 Å². The van der Waals surface area contributed by atoms with Crippen molar-refractivity contribution in [3.05, 3.63) is 46.5 Å². The van der Waals surface area contributed by atoms with Crippen molar-refractivity contribution >= 4 is 27.7 Å². The number of pyridine rings is 1. The highest BCUT2D eigenvalue weighted by Gasteiger charge is 2.12. The van der Waals surface area contributed by atoms with Gasteiger partial charge in [0, 0.05) is 16.2 Å². The lowest BCUT2D eigenvalue weighted by atomic mass is 10.3. The summed E-state index contributed by atoms with van der Waals surface area (Å²) in [4.78, 5) is 15.8. The van der Waals surface area contributed by atoms with Gasteiger partial charge in [-0.2, -0.15) is 0 Å². The molecule has 16 heavy (non-hydrogen) atoms. The average Bonchev–Trinajstić information content (AvgIpc) is 2.68. The van der Waals surface area contributed by atoms with E-state index in [2.05, 4.69) is 26.2 Å². The minimum absolute atomic E-state index is 0.294. The second kappa shape index (κ2) is 4.49. The van der Waals surface area contributed by atoms with Gasteiger partial charge in [-0.1, -0.05) is 0 Å². The number of hydrogen-bond donors (Lipinski definition) is 1. The van der Waals surface area contributed by atoms with Crippen LogP contribution >= 0.6 is 15.9 Å². The first kappa shape index (κ1) is 10.9. The summed E-state index contributed by atoms with van der Waals surface area (Å²) >= 11 is 3.27. The van der Waals surface area contributed by atoms with Gasteiger partial charge in [0.15, 0.2) is 5.76 Å². The van der Waals surface area contributed by atoms with Gasteiger partial charge in [0.1, 0.15) is 5.82 Å². The molecule has 2 aromatic heterocycles. The number of amides is 1. The second-order valence-corrected chi connectivity index (χ2v) is 4.16. The van der Waals surface area contributed by atoms with Gasteiger partial charge < -0.3 is 9.73 Å². The van der Waals surface area contributed by atoms with E-state index in [1.807, 2.05) is 6.92 Å². The Balaban J connectivity index is 2.14. The van der Waals surface area contributed by atoms with Gasteiger partial charge in [0.25, 0.3) is 5.91 Å². The number of aromatic nitrogens is 1. The summed E-state index contributed by atoms with van der Waals surface area (Å²) < 4.78 is 5.93. The van der Waals surface area contributed by atoms with Crippen LogP contribution in [0.2, 0.25) is 0 Å². The molecule has 5 heteroatoms. The summed E-state index contributed by atoms with van der Waals surface area (Å²) in [5, 5.41) is 2.65. The van der Waals surface area contributed by atoms with E-state index in [0.717, 1.165) is 10.0 Å². The minimum Gasteiger partial charge on any atom is -0.459 e. The molecule has 0 spiro atoms. The molecule has 0 aliphatic heterocycles. The average molecular weight is 281 g/mol. The molecule has 0 radical (unpaired) electrons. The topological polar surface area (TPSA) is 55.1 Å². The van der Waals surface area contributed by atoms with E-state index in [4.69, 9.17) is 4.42 Å². The van der Waals surface area contributed by atoms with Crippen LogP contribution < -0.4 is 5.32 Å². The molecule has 0 aliphatic rings. The fourth-order valence-corrected chi connectivity index (χ4v) is 1.46. The minimum atomic E-state index is -0.294. The smallest absolute Gasteiger partial charge is 0.292 e. The zero-order valence-corrected chi connectivity index (χ0v) is 10.1. The Morgan fingerprint density at radius 3 is 2.81 bits per heavy atom. The Labute approximate surface area is 101 Å². The van der Waals surface area contributed by atoms with Gasteiger partial charge in [0.05, 0.1) is 6.26 Å². The lowest BCUT2D eigenvalue weighted by Crippen LogP contribution is -2.12. The Kier molecular flexibility index (Phi) is 3.05. The molecule has 0 fully saturated rings. The van der Waals surface area contributed by atoms with Crippen LogP contribution in [0.25, 0.3) is 0 Å². The normalized spacial score (nSPS) is 10.1. The highest BCUT2D eigenvalue weighted by molar-refractivity contribution is 9.10. The molecule has 2 heterocycles. The molecule has 1 amide bonds. The summed E-state index contributed by atoms with van der Waals surface area (Å²) in [6.07, 6.45) is 3.10. The quantitative estimate of drug-likeness (QED) is 0.920. The number of furan rings is 1. The third-order valence-corrected chi connectivity index (χ3v) is 2.51. The van der Waals surface area contributed by atoms with Crippen LogP contribution in [0.15, 0.2) is 39.5 Å². The molecule has 0 saturated heterocycles. The van der Waals surface area contributed by atoms with Crippen LogP contribution in [-0.2, 0) is 0 Å². The Morgan fingerprint density at radius 1 is 1.44 bits per heavy atom. The largest absolute Gasteiger partial charge is 0.459 e. The van der Waals surface area contributed by atoms with Crippen molar-refractivity contribution in [1.29, 1.82) is 0 Å². The maximum absolute atomic E-state index is 11.7. The molecule has 4 nitrogen and oxygen atoms in total. The molecule has 2 rings (SSSR count). The number of halogens is 1. The van der Waals surface area contributed by atoms with E-state index in [-0.39, 0.29) is 5.91 Å². The molecule has 0 aromatic carbocycles. The summed E-state index contributed by atoms with van der Waals surface area (Å²) in [5.74, 6) is 0.506. The van der Waals surface area contributed by atoms with Crippen LogP contribution in [-0.4, -0.2) is 10.9 Å². The standard InChI is InChI=1S/C11H9BrN2O2/c1-7-4-5-16-10(7)11(15)14-9-3-2-8(12)6-13-9/h2-6H,1H3,(H,13,14,15). The van der Waals surface area contributed by atoms with Crippen molar-refractivity contribution in [2.75, 3.05) is 5.32 Å². The van der Waals surface area contributed by atoms with Gasteiger partial charge in [0.2, 0.25) is 0 Å². The van der Waals surface area contributed by atoms with Gasteiger partial charge in [-0.3, -0.25) is 4.79 Å². The van der Waals surface area contributed by atoms with E-state index < -0.39 is 0 Å². The van der Waals surface area contributed by atoms with E-state index in [9.17, 15) is 4.79 Å². The number of carbonyl (C=O) groups excluding carboxylic acids is 1. The number of rotatable bonds is 2. The summed E-state index contributed by atoms with van der Waals surface area (Å²) in [6, 6.07) is 5.25. The van der Waals surface area contributed by atoms with E-state index in [1.165, 1.54) is 6.26 Å². The number of hydrogen-bond acceptors (Lipinski definition) is 3. The monoisotopic (exact) mass is 280 g/mol. The predicted molar refractivity (Wildman–Crippen MR) is 63.3 cm³/mol. The number of carbonyl (C=O) groups is 1. The first-order valence-corrected chi connectivity index (χ1v) is 5.43. The Morgan fingerprint density at radius 2 is 2.25 bits per heavy atom. The maximum atomic E-state index is 11.7. The third-order valence-electron chi connectivity index (χ3n) is 2.04. The SMILES string of the molecule is Cc1ccoc1C(=O)Nc1ccc(Br)cn1. The van der Waals surface area contributed by atoms with Crippen molar-refractivity contribution in [3.63, 3.8) is 0 Å². The van der Waals surface area contributed by atoms with Crippen molar-refractivity contribution in [1.82, 2.24) is 4.98 Å². The number of aryl methyl sites for hydroxylation is 1. The zero-order chi connectivity index (χ0) is 11.5. The lowest BCUT2D eigenvalue weighted by Gasteiger charge is -2.02. The third kappa shape index (κ3) is 2.30. The molecule has 0 saturated carbocycles. The van der Waals surface area contributed by atoms with Crippen LogP contribution in [0.3, 0.4) is 0 Å². The summed E-state index contributed by atoms with van der Waals surface area (Å²) in [7, 11) is 0. The molecule has 0 aliphatic carbocycles. The van der Waals surface area contributed by atoms with Crippen molar-refractivity contribution in [2.24, 2.45) is 0 Å². The molecule has 0 bridgehead atoms. The van der Waals surface area contributed by atoms with Gasteiger partial charge in [-0.15, -0.1) is 0 Å². The van der Waals surface area contributed by atoms with Crippen LogP contribution in [0.4, 0.5) is 5.82 Å². The molecule has 82 valence electrons. The number of nitrogens with one attached hydrogen (secondary N) is 1. The first-order chi connectivity index (χ1) is 7.66. The fraction of sp³-hybridized carbons (Fsp3) is 0.0909. The van der Waals surface area contributed by atoms with Gasteiger partial charge in [-0.25, -0.2) is 4.98 Å². The first-order valence-electron chi connectivity index (χ1n) is 4.64. The van der Waals surface area contributed by atoms with Gasteiger partial charge >= 0.3 is 0 Å². The van der Waals surface area contributed by atoms with Crippen LogP contribution in [0.5, 0.6) is 0 Å². The van der Waals surface area contributed by atoms with Crippen LogP contribution in [0, 0.1) is 6.92 Å². The highest BCUT2D eigenvalue weighted by Crippen LogP contribution is 2.13. The van der Waals surface area contributed by atoms with E-state index in [1.54, 1.807) is 24.4 Å². The maximum Gasteiger partial charge on any atom is 0.292 e. The highest BCUT2D eigenvalue weighted by atomic mass is 79.9. The summed E-state index contributed by atoms with van der Waals surface area (Å²) in [5.41, 5.74) is 0.801. The Bertz CT molecular complexity index is 505. The molecule has 2 aromatic rings. The number of anilines is 1. The molecular formula is C11H9BrN2O2. The number of nitrogens with zero attached hydrogens (tertiary/aromatic N) is 1. The van der Waals surface area contributed by atoms with Crippen molar-refractivity contribution in [2.45, 2.75) is 6.92 Å². The second-order valence-electron chi connectivity index (χ2n) is 3.25. The van der Waals surface area contributed by atoms with Crippen LogP contribution in [0.1, 0.15) is 16.1 Å². The van der Waals surface area contributed by atoms with E-state index >= 15 is 0 Å².